The largest absolute Gasteiger partial charge is 1.00 e. The Hall–Kier alpha value is -0.383. The van der Waals surface area contributed by atoms with Gasteiger partial charge in [-0.1, -0.05) is 59.7 Å². The van der Waals surface area contributed by atoms with Gasteiger partial charge in [-0.25, -0.2) is 0 Å². The number of rotatable bonds is 1. The van der Waals surface area contributed by atoms with Gasteiger partial charge in [0.15, 0.2) is 0 Å². The Balaban J connectivity index is 0. The SMILES string of the molecule is COc1c(C(C)(C)C)cccc1C(C)(C)C.[H-].[Li+]. The minimum atomic E-state index is 0. The minimum absolute atomic E-state index is 0. The maximum Gasteiger partial charge on any atom is 1.00 e. The van der Waals surface area contributed by atoms with Crippen LogP contribution in [0.3, 0.4) is 0 Å². The molecule has 1 nitrogen and oxygen atoms in total. The van der Waals surface area contributed by atoms with Crippen LogP contribution in [0.5, 0.6) is 5.75 Å². The fourth-order valence-electron chi connectivity index (χ4n) is 1.94. The van der Waals surface area contributed by atoms with Crippen LogP contribution in [0.4, 0.5) is 0 Å². The number of methoxy groups -OCH3 is 1. The molecule has 0 bridgehead atoms. The third-order valence-corrected chi connectivity index (χ3v) is 2.84. The van der Waals surface area contributed by atoms with Gasteiger partial charge < -0.3 is 6.16 Å². The zero-order valence-electron chi connectivity index (χ0n) is 13.6. The fraction of sp³-hybridized carbons (Fsp3) is 0.600. The minimum Gasteiger partial charge on any atom is -1.00 e. The van der Waals surface area contributed by atoms with E-state index in [0.29, 0.717) is 0 Å². The van der Waals surface area contributed by atoms with Crippen LogP contribution in [0, 0.1) is 0 Å². The van der Waals surface area contributed by atoms with E-state index in [0.717, 1.165) is 5.75 Å². The molecule has 0 heterocycles. The second kappa shape index (κ2) is 5.51. The van der Waals surface area contributed by atoms with Gasteiger partial charge in [-0.05, 0) is 22.0 Å². The number of para-hydroxylation sites is 1. The van der Waals surface area contributed by atoms with Gasteiger partial charge >= 0.3 is 18.9 Å². The molecule has 92 valence electrons. The molecule has 0 N–H and O–H groups in total. The molecule has 1 aromatic rings. The van der Waals surface area contributed by atoms with Crippen LogP contribution in [0.1, 0.15) is 54.1 Å². The summed E-state index contributed by atoms with van der Waals surface area (Å²) in [5.74, 6) is 1.04. The standard InChI is InChI=1S/C15H24O.Li.H/c1-14(2,3)11-9-8-10-12(13(11)16-7)15(4,5)6;;/h8-10H,1-7H3;;/q;+1;-1. The van der Waals surface area contributed by atoms with Crippen molar-refractivity contribution in [3.63, 3.8) is 0 Å². The third kappa shape index (κ3) is 3.80. The first-order chi connectivity index (χ1) is 7.18. The molecular formula is C15H25LiO. The number of benzene rings is 1. The van der Waals surface area contributed by atoms with Gasteiger partial charge in [0.25, 0.3) is 0 Å². The van der Waals surface area contributed by atoms with Gasteiger partial charge in [0.2, 0.25) is 0 Å². The third-order valence-electron chi connectivity index (χ3n) is 2.84. The molecule has 0 spiro atoms. The monoisotopic (exact) mass is 228 g/mol. The molecule has 0 aliphatic heterocycles. The van der Waals surface area contributed by atoms with Crippen molar-refractivity contribution in [3.8, 4) is 5.75 Å². The predicted molar refractivity (Wildman–Crippen MR) is 71.5 cm³/mol. The van der Waals surface area contributed by atoms with E-state index in [1.807, 2.05) is 0 Å². The van der Waals surface area contributed by atoms with Crippen molar-refractivity contribution in [2.24, 2.45) is 0 Å². The summed E-state index contributed by atoms with van der Waals surface area (Å²) in [5.41, 5.74) is 2.80. The summed E-state index contributed by atoms with van der Waals surface area (Å²) in [6.45, 7) is 13.3. The van der Waals surface area contributed by atoms with Crippen LogP contribution in [0.2, 0.25) is 0 Å². The van der Waals surface area contributed by atoms with Crippen LogP contribution in [0.15, 0.2) is 18.2 Å². The molecule has 0 aromatic heterocycles. The molecule has 0 fully saturated rings. The molecule has 0 saturated heterocycles. The molecular weight excluding hydrogens is 203 g/mol. The summed E-state index contributed by atoms with van der Waals surface area (Å²) in [7, 11) is 1.76. The van der Waals surface area contributed by atoms with Crippen LogP contribution < -0.4 is 23.6 Å². The maximum absolute atomic E-state index is 5.63. The summed E-state index contributed by atoms with van der Waals surface area (Å²) >= 11 is 0. The van der Waals surface area contributed by atoms with Gasteiger partial charge in [0.05, 0.1) is 7.11 Å². The summed E-state index contributed by atoms with van der Waals surface area (Å²) in [6, 6.07) is 6.45. The molecule has 0 radical (unpaired) electrons. The Morgan fingerprint density at radius 2 is 1.24 bits per heavy atom. The number of ether oxygens (including phenoxy) is 1. The van der Waals surface area contributed by atoms with Crippen LogP contribution in [0.25, 0.3) is 0 Å². The Morgan fingerprint density at radius 3 is 1.47 bits per heavy atom. The van der Waals surface area contributed by atoms with E-state index in [9.17, 15) is 0 Å². The Morgan fingerprint density at radius 1 is 0.882 bits per heavy atom. The van der Waals surface area contributed by atoms with Crippen molar-refractivity contribution in [2.45, 2.75) is 52.4 Å². The molecule has 1 aromatic carbocycles. The molecule has 0 atom stereocenters. The van der Waals surface area contributed by atoms with Crippen molar-refractivity contribution in [2.75, 3.05) is 7.11 Å². The van der Waals surface area contributed by atoms with Crippen molar-refractivity contribution in [1.82, 2.24) is 0 Å². The van der Waals surface area contributed by atoms with Crippen LogP contribution in [-0.4, -0.2) is 7.11 Å². The summed E-state index contributed by atoms with van der Waals surface area (Å²) in [5, 5.41) is 0. The van der Waals surface area contributed by atoms with Gasteiger partial charge in [0, 0.05) is 0 Å². The van der Waals surface area contributed by atoms with Gasteiger partial charge in [-0.2, -0.15) is 0 Å². The average Bonchev–Trinajstić information content (AvgIpc) is 2.13. The van der Waals surface area contributed by atoms with E-state index in [-0.39, 0.29) is 31.1 Å². The first kappa shape index (κ1) is 16.6. The van der Waals surface area contributed by atoms with Gasteiger partial charge in [-0.15, -0.1) is 0 Å². The normalized spacial score (nSPS) is 11.9. The summed E-state index contributed by atoms with van der Waals surface area (Å²) in [6.07, 6.45) is 0. The first-order valence-corrected chi connectivity index (χ1v) is 5.86. The molecule has 0 aliphatic carbocycles. The van der Waals surface area contributed by atoms with E-state index in [1.54, 1.807) is 7.11 Å². The average molecular weight is 228 g/mol. The Kier molecular flexibility index (Phi) is 5.38. The van der Waals surface area contributed by atoms with E-state index in [1.165, 1.54) is 11.1 Å². The molecule has 0 saturated carbocycles. The number of hydrogen-bond donors (Lipinski definition) is 0. The predicted octanol–water partition coefficient (Wildman–Crippen LogP) is 1.41. The fourth-order valence-corrected chi connectivity index (χ4v) is 1.94. The molecule has 17 heavy (non-hydrogen) atoms. The van der Waals surface area contributed by atoms with Gasteiger partial charge in [0.1, 0.15) is 5.75 Å². The first-order valence-electron chi connectivity index (χ1n) is 5.86. The van der Waals surface area contributed by atoms with E-state index >= 15 is 0 Å². The van der Waals surface area contributed by atoms with Crippen LogP contribution >= 0.6 is 0 Å². The van der Waals surface area contributed by atoms with E-state index in [4.69, 9.17) is 4.74 Å². The molecule has 1 rings (SSSR count). The number of hydrogen-bond acceptors (Lipinski definition) is 1. The van der Waals surface area contributed by atoms with Crippen LogP contribution in [-0.2, 0) is 10.8 Å². The van der Waals surface area contributed by atoms with Crippen molar-refractivity contribution in [3.05, 3.63) is 29.3 Å². The molecule has 0 aliphatic rings. The summed E-state index contributed by atoms with van der Waals surface area (Å²) < 4.78 is 5.63. The van der Waals surface area contributed by atoms with Crippen molar-refractivity contribution in [1.29, 1.82) is 0 Å². The molecule has 2 heteroatoms. The zero-order valence-corrected chi connectivity index (χ0v) is 12.6. The zero-order chi connectivity index (χ0) is 12.6. The maximum atomic E-state index is 5.63. The summed E-state index contributed by atoms with van der Waals surface area (Å²) in [4.78, 5) is 0. The van der Waals surface area contributed by atoms with E-state index in [2.05, 4.69) is 59.7 Å². The Labute approximate surface area is 120 Å². The van der Waals surface area contributed by atoms with Crippen molar-refractivity contribution < 1.29 is 25.0 Å². The second-order valence-electron chi connectivity index (χ2n) is 6.39. The quantitative estimate of drug-likeness (QED) is 0.660. The van der Waals surface area contributed by atoms with Gasteiger partial charge in [-0.3, -0.25) is 0 Å². The smallest absolute Gasteiger partial charge is 1.00 e. The molecule has 0 amide bonds. The Bertz CT molecular complexity index is 343. The van der Waals surface area contributed by atoms with Crippen molar-refractivity contribution >= 4 is 0 Å². The second-order valence-corrected chi connectivity index (χ2v) is 6.39. The topological polar surface area (TPSA) is 9.23 Å². The molecule has 0 unspecified atom stereocenters. The van der Waals surface area contributed by atoms with E-state index < -0.39 is 0 Å².